The highest BCUT2D eigenvalue weighted by Gasteiger charge is 2.44. The predicted molar refractivity (Wildman–Crippen MR) is 86.1 cm³/mol. The fourth-order valence-corrected chi connectivity index (χ4v) is 3.64. The van der Waals surface area contributed by atoms with Crippen LogP contribution < -0.4 is 19.5 Å². The summed E-state index contributed by atoms with van der Waals surface area (Å²) in [7, 11) is 7.63. The number of nitrogens with zero attached hydrogens (tertiary/aromatic N) is 1. The summed E-state index contributed by atoms with van der Waals surface area (Å²) in [6.45, 7) is 2.02. The molecular weight excluding hydrogens is 280 g/mol. The van der Waals surface area contributed by atoms with Crippen molar-refractivity contribution in [2.75, 3.05) is 41.4 Å². The molecule has 1 N–H and O–H groups in total. The number of rotatable bonds is 3. The minimum atomic E-state index is -0.0788. The monoisotopic (exact) mass is 306 g/mol. The van der Waals surface area contributed by atoms with Crippen LogP contribution in [0, 0.1) is 0 Å². The molecule has 1 spiro atoms. The van der Waals surface area contributed by atoms with Gasteiger partial charge in [0.2, 0.25) is 0 Å². The van der Waals surface area contributed by atoms with Gasteiger partial charge in [0.05, 0.1) is 19.8 Å². The molecule has 5 heteroatoms. The van der Waals surface area contributed by atoms with E-state index in [-0.39, 0.29) is 5.60 Å². The van der Waals surface area contributed by atoms with Crippen LogP contribution in [0.4, 0.5) is 0 Å². The van der Waals surface area contributed by atoms with Crippen molar-refractivity contribution in [3.63, 3.8) is 0 Å². The van der Waals surface area contributed by atoms with Gasteiger partial charge in [-0.15, -0.1) is 0 Å². The Hall–Kier alpha value is -1.46. The summed E-state index contributed by atoms with van der Waals surface area (Å²) in [5.41, 5.74) is 1.06. The average Bonchev–Trinajstić information content (AvgIpc) is 2.53. The minimum absolute atomic E-state index is 0.0788. The fourth-order valence-electron chi connectivity index (χ4n) is 3.64. The van der Waals surface area contributed by atoms with Crippen LogP contribution in [0.5, 0.6) is 17.2 Å². The topological polar surface area (TPSA) is 43.0 Å². The highest BCUT2D eigenvalue weighted by atomic mass is 16.5. The van der Waals surface area contributed by atoms with Gasteiger partial charge in [-0.3, -0.25) is 0 Å². The van der Waals surface area contributed by atoms with E-state index in [9.17, 15) is 0 Å². The van der Waals surface area contributed by atoms with Crippen molar-refractivity contribution in [2.45, 2.75) is 30.9 Å². The summed E-state index contributed by atoms with van der Waals surface area (Å²) in [6.07, 6.45) is 3.07. The first-order valence-electron chi connectivity index (χ1n) is 7.91. The molecule has 1 aromatic rings. The van der Waals surface area contributed by atoms with E-state index in [0.29, 0.717) is 6.04 Å². The third-order valence-corrected chi connectivity index (χ3v) is 4.90. The molecule has 122 valence electrons. The van der Waals surface area contributed by atoms with Gasteiger partial charge >= 0.3 is 0 Å². The molecule has 0 aliphatic carbocycles. The van der Waals surface area contributed by atoms with E-state index in [0.717, 1.165) is 55.2 Å². The van der Waals surface area contributed by atoms with Crippen molar-refractivity contribution in [3.8, 4) is 17.2 Å². The van der Waals surface area contributed by atoms with E-state index in [2.05, 4.69) is 24.3 Å². The molecule has 0 amide bonds. The Kier molecular flexibility index (Phi) is 4.19. The number of nitrogens with one attached hydrogen (secondary N) is 1. The van der Waals surface area contributed by atoms with E-state index in [1.165, 1.54) is 0 Å². The Bertz CT molecular complexity index is 539. The first-order chi connectivity index (χ1) is 10.6. The zero-order chi connectivity index (χ0) is 15.7. The first-order valence-corrected chi connectivity index (χ1v) is 7.91. The zero-order valence-corrected chi connectivity index (χ0v) is 13.9. The summed E-state index contributed by atoms with van der Waals surface area (Å²) in [5, 5.41) is 3.43. The molecule has 2 heterocycles. The van der Waals surface area contributed by atoms with Gasteiger partial charge < -0.3 is 24.4 Å². The maximum atomic E-state index is 6.50. The number of benzene rings is 1. The van der Waals surface area contributed by atoms with E-state index < -0.39 is 0 Å². The Morgan fingerprint density at radius 2 is 1.91 bits per heavy atom. The molecule has 0 bridgehead atoms. The molecule has 2 aliphatic rings. The second-order valence-corrected chi connectivity index (χ2v) is 6.46. The zero-order valence-electron chi connectivity index (χ0n) is 13.9. The molecule has 0 aromatic heterocycles. The molecule has 1 saturated heterocycles. The molecular formula is C17H26N2O3. The summed E-state index contributed by atoms with van der Waals surface area (Å²) in [5.74, 6) is 2.53. The molecule has 1 aromatic carbocycles. The van der Waals surface area contributed by atoms with Crippen LogP contribution in [-0.4, -0.2) is 51.9 Å². The van der Waals surface area contributed by atoms with Crippen LogP contribution in [0.25, 0.3) is 0 Å². The molecule has 1 atom stereocenters. The van der Waals surface area contributed by atoms with Gasteiger partial charge in [0.1, 0.15) is 22.8 Å². The summed E-state index contributed by atoms with van der Waals surface area (Å²) < 4.78 is 17.5. The molecule has 5 nitrogen and oxygen atoms in total. The van der Waals surface area contributed by atoms with Crippen molar-refractivity contribution in [2.24, 2.45) is 0 Å². The lowest BCUT2D eigenvalue weighted by Gasteiger charge is -2.46. The van der Waals surface area contributed by atoms with Gasteiger partial charge in [-0.05, 0) is 40.0 Å². The van der Waals surface area contributed by atoms with Gasteiger partial charge in [-0.1, -0.05) is 0 Å². The number of methoxy groups -OCH3 is 2. The highest BCUT2D eigenvalue weighted by molar-refractivity contribution is 5.54. The summed E-state index contributed by atoms with van der Waals surface area (Å²) in [4.78, 5) is 2.26. The Balaban J connectivity index is 2.07. The number of hydrogen-bond acceptors (Lipinski definition) is 5. The van der Waals surface area contributed by atoms with Gasteiger partial charge in [-0.2, -0.15) is 0 Å². The van der Waals surface area contributed by atoms with Crippen LogP contribution in [0.1, 0.15) is 30.9 Å². The lowest BCUT2D eigenvalue weighted by Crippen LogP contribution is -2.50. The second-order valence-electron chi connectivity index (χ2n) is 6.46. The standard InChI is InChI=1S/C17H26N2O3/c1-19(2)13-11-17(5-7-18-8-6-17)22-15-10-12(20-3)9-14(21-4)16(13)15/h9-10,13,18H,5-8,11H2,1-4H3. The van der Waals surface area contributed by atoms with E-state index in [1.807, 2.05) is 12.1 Å². The average molecular weight is 306 g/mol. The van der Waals surface area contributed by atoms with Crippen molar-refractivity contribution >= 4 is 0 Å². The maximum Gasteiger partial charge on any atom is 0.132 e. The molecule has 3 rings (SSSR count). The molecule has 2 aliphatic heterocycles. The van der Waals surface area contributed by atoms with Gasteiger partial charge in [-0.25, -0.2) is 0 Å². The van der Waals surface area contributed by atoms with Crippen LogP contribution in [0.3, 0.4) is 0 Å². The summed E-state index contributed by atoms with van der Waals surface area (Å²) in [6, 6.07) is 4.24. The van der Waals surface area contributed by atoms with E-state index >= 15 is 0 Å². The lowest BCUT2D eigenvalue weighted by molar-refractivity contribution is -0.0128. The Morgan fingerprint density at radius 1 is 1.18 bits per heavy atom. The van der Waals surface area contributed by atoms with Gasteiger partial charge in [0.25, 0.3) is 0 Å². The smallest absolute Gasteiger partial charge is 0.132 e. The van der Waals surface area contributed by atoms with Gasteiger partial charge in [0, 0.05) is 24.6 Å². The normalized spacial score (nSPS) is 23.0. The molecule has 0 saturated carbocycles. The third kappa shape index (κ3) is 2.63. The van der Waals surface area contributed by atoms with Crippen LogP contribution in [-0.2, 0) is 0 Å². The van der Waals surface area contributed by atoms with E-state index in [1.54, 1.807) is 14.2 Å². The van der Waals surface area contributed by atoms with Crippen molar-refractivity contribution < 1.29 is 14.2 Å². The van der Waals surface area contributed by atoms with Crippen LogP contribution >= 0.6 is 0 Å². The maximum absolute atomic E-state index is 6.50. The largest absolute Gasteiger partial charge is 0.496 e. The molecule has 1 fully saturated rings. The number of hydrogen-bond donors (Lipinski definition) is 1. The van der Waals surface area contributed by atoms with E-state index in [4.69, 9.17) is 14.2 Å². The van der Waals surface area contributed by atoms with Crippen LogP contribution in [0.2, 0.25) is 0 Å². The quantitative estimate of drug-likeness (QED) is 0.927. The van der Waals surface area contributed by atoms with Crippen molar-refractivity contribution in [1.82, 2.24) is 10.2 Å². The predicted octanol–water partition coefficient (Wildman–Crippen LogP) is 2.21. The SMILES string of the molecule is COc1cc(OC)c2c(c1)OC1(CCNCC1)CC2N(C)C. The number of fused-ring (bicyclic) bond motifs is 1. The second kappa shape index (κ2) is 5.97. The molecule has 1 unspecified atom stereocenters. The minimum Gasteiger partial charge on any atom is -0.496 e. The fraction of sp³-hybridized carbons (Fsp3) is 0.647. The molecule has 22 heavy (non-hydrogen) atoms. The van der Waals surface area contributed by atoms with Crippen LogP contribution in [0.15, 0.2) is 12.1 Å². The first kappa shape index (κ1) is 15.4. The van der Waals surface area contributed by atoms with Crippen molar-refractivity contribution in [3.05, 3.63) is 17.7 Å². The number of ether oxygens (including phenoxy) is 3. The Morgan fingerprint density at radius 3 is 2.50 bits per heavy atom. The van der Waals surface area contributed by atoms with Crippen molar-refractivity contribution in [1.29, 1.82) is 0 Å². The lowest BCUT2D eigenvalue weighted by atomic mass is 9.80. The third-order valence-electron chi connectivity index (χ3n) is 4.90. The highest BCUT2D eigenvalue weighted by Crippen LogP contribution is 2.50. The number of piperidine rings is 1. The summed E-state index contributed by atoms with van der Waals surface area (Å²) >= 11 is 0. The Labute approximate surface area is 132 Å². The molecule has 0 radical (unpaired) electrons. The van der Waals surface area contributed by atoms with Gasteiger partial charge in [0.15, 0.2) is 0 Å².